The number of thiophene rings is 1. The number of carbonyl (C=O) groups is 1. The van der Waals surface area contributed by atoms with E-state index in [2.05, 4.69) is 44.2 Å². The van der Waals surface area contributed by atoms with Crippen molar-refractivity contribution in [3.05, 3.63) is 98.7 Å². The summed E-state index contributed by atoms with van der Waals surface area (Å²) in [7, 11) is 0. The Hall–Kier alpha value is -2.65. The van der Waals surface area contributed by atoms with Crippen LogP contribution < -0.4 is 0 Å². The second-order valence-corrected chi connectivity index (χ2v) is 8.45. The van der Waals surface area contributed by atoms with Crippen LogP contribution in [-0.2, 0) is 11.3 Å². The van der Waals surface area contributed by atoms with Gasteiger partial charge in [-0.3, -0.25) is 4.79 Å². The highest BCUT2D eigenvalue weighted by molar-refractivity contribution is 7.12. The first-order chi connectivity index (χ1) is 13.1. The van der Waals surface area contributed by atoms with Crippen LogP contribution in [0.5, 0.6) is 0 Å². The topological polar surface area (TPSA) is 20.3 Å². The van der Waals surface area contributed by atoms with Gasteiger partial charge in [0, 0.05) is 28.3 Å². The molecule has 0 saturated heterocycles. The van der Waals surface area contributed by atoms with Gasteiger partial charge < -0.3 is 4.90 Å². The fourth-order valence-electron chi connectivity index (χ4n) is 3.81. The van der Waals surface area contributed by atoms with Crippen molar-refractivity contribution in [2.24, 2.45) is 0 Å². The SMILES string of the molecule is Cc1cc2c(s1)CN(C(=O)/C=C/c1ccccc1)C[C@@H]2c1ccccc1C. The van der Waals surface area contributed by atoms with Crippen molar-refractivity contribution in [2.75, 3.05) is 6.54 Å². The number of hydrogen-bond donors (Lipinski definition) is 0. The average molecular weight is 374 g/mol. The van der Waals surface area contributed by atoms with E-state index in [4.69, 9.17) is 0 Å². The highest BCUT2D eigenvalue weighted by Gasteiger charge is 2.30. The smallest absolute Gasteiger partial charge is 0.246 e. The van der Waals surface area contributed by atoms with E-state index in [0.29, 0.717) is 6.54 Å². The van der Waals surface area contributed by atoms with Crippen LogP contribution in [0.15, 0.2) is 66.7 Å². The molecule has 0 saturated carbocycles. The molecular formula is C24H23NOS. The number of nitrogens with zero attached hydrogens (tertiary/aromatic N) is 1. The first-order valence-electron chi connectivity index (χ1n) is 9.28. The summed E-state index contributed by atoms with van der Waals surface area (Å²) >= 11 is 1.81. The highest BCUT2D eigenvalue weighted by Crippen LogP contribution is 2.39. The van der Waals surface area contributed by atoms with Crippen molar-refractivity contribution < 1.29 is 4.79 Å². The Labute approximate surface area is 164 Å². The fraction of sp³-hybridized carbons (Fsp3) is 0.208. The van der Waals surface area contributed by atoms with E-state index in [0.717, 1.165) is 12.1 Å². The third kappa shape index (κ3) is 3.74. The van der Waals surface area contributed by atoms with E-state index < -0.39 is 0 Å². The van der Waals surface area contributed by atoms with E-state index >= 15 is 0 Å². The van der Waals surface area contributed by atoms with Gasteiger partial charge >= 0.3 is 0 Å². The molecule has 3 heteroatoms. The zero-order valence-electron chi connectivity index (χ0n) is 15.7. The molecule has 3 aromatic rings. The van der Waals surface area contributed by atoms with Crippen LogP contribution in [0.25, 0.3) is 6.08 Å². The molecule has 2 nitrogen and oxygen atoms in total. The summed E-state index contributed by atoms with van der Waals surface area (Å²) in [5.41, 5.74) is 5.04. The summed E-state index contributed by atoms with van der Waals surface area (Å²) in [5, 5.41) is 0. The Bertz CT molecular complexity index is 987. The molecule has 0 unspecified atom stereocenters. The third-order valence-corrected chi connectivity index (χ3v) is 6.22. The molecule has 0 N–H and O–H groups in total. The Morgan fingerprint density at radius 1 is 1.04 bits per heavy atom. The molecule has 1 aliphatic heterocycles. The highest BCUT2D eigenvalue weighted by atomic mass is 32.1. The lowest BCUT2D eigenvalue weighted by molar-refractivity contribution is -0.127. The molecule has 2 heterocycles. The van der Waals surface area contributed by atoms with E-state index in [9.17, 15) is 4.79 Å². The van der Waals surface area contributed by atoms with Crippen LogP contribution >= 0.6 is 11.3 Å². The molecule has 27 heavy (non-hydrogen) atoms. The maximum atomic E-state index is 12.9. The lowest BCUT2D eigenvalue weighted by Gasteiger charge is -2.33. The number of amides is 1. The summed E-state index contributed by atoms with van der Waals surface area (Å²) < 4.78 is 0. The molecule has 0 radical (unpaired) electrons. The summed E-state index contributed by atoms with van der Waals surface area (Å²) in [6.45, 7) is 5.74. The zero-order chi connectivity index (χ0) is 18.8. The summed E-state index contributed by atoms with van der Waals surface area (Å²) in [6, 6.07) is 20.8. The van der Waals surface area contributed by atoms with Crippen molar-refractivity contribution in [1.82, 2.24) is 4.90 Å². The van der Waals surface area contributed by atoms with Gasteiger partial charge in [0.05, 0.1) is 6.54 Å². The normalized spacial score (nSPS) is 16.5. The van der Waals surface area contributed by atoms with E-state index in [1.54, 1.807) is 6.08 Å². The fourth-order valence-corrected chi connectivity index (χ4v) is 4.92. The average Bonchev–Trinajstić information content (AvgIpc) is 3.07. The van der Waals surface area contributed by atoms with Crippen molar-refractivity contribution >= 4 is 23.3 Å². The zero-order valence-corrected chi connectivity index (χ0v) is 16.5. The molecule has 1 aliphatic rings. The lowest BCUT2D eigenvalue weighted by Crippen LogP contribution is -2.37. The minimum Gasteiger partial charge on any atom is -0.333 e. The van der Waals surface area contributed by atoms with Crippen LogP contribution in [0.2, 0.25) is 0 Å². The van der Waals surface area contributed by atoms with E-state index in [-0.39, 0.29) is 11.8 Å². The first-order valence-corrected chi connectivity index (χ1v) is 10.1. The number of hydrogen-bond acceptors (Lipinski definition) is 2. The molecular weight excluding hydrogens is 350 g/mol. The molecule has 0 spiro atoms. The Kier molecular flexibility index (Phi) is 4.95. The van der Waals surface area contributed by atoms with Crippen molar-refractivity contribution in [3.63, 3.8) is 0 Å². The van der Waals surface area contributed by atoms with Crippen molar-refractivity contribution in [3.8, 4) is 0 Å². The molecule has 1 atom stereocenters. The summed E-state index contributed by atoms with van der Waals surface area (Å²) in [6.07, 6.45) is 3.61. The van der Waals surface area contributed by atoms with Crippen molar-refractivity contribution in [1.29, 1.82) is 0 Å². The van der Waals surface area contributed by atoms with Gasteiger partial charge in [-0.15, -0.1) is 11.3 Å². The number of benzene rings is 2. The van der Waals surface area contributed by atoms with Crippen molar-refractivity contribution in [2.45, 2.75) is 26.3 Å². The third-order valence-electron chi connectivity index (χ3n) is 5.17. The van der Waals surface area contributed by atoms with Gasteiger partial charge in [0.25, 0.3) is 0 Å². The molecule has 0 fully saturated rings. The molecule has 0 bridgehead atoms. The Balaban J connectivity index is 1.63. The predicted molar refractivity (Wildman–Crippen MR) is 113 cm³/mol. The molecule has 0 aliphatic carbocycles. The van der Waals surface area contributed by atoms with Gasteiger partial charge in [0.2, 0.25) is 5.91 Å². The first kappa shape index (κ1) is 17.7. The van der Waals surface area contributed by atoms with Gasteiger partial charge in [0.1, 0.15) is 0 Å². The molecule has 1 aromatic heterocycles. The van der Waals surface area contributed by atoms with Crippen LogP contribution in [0.1, 0.15) is 37.9 Å². The molecule has 1 amide bonds. The quantitative estimate of drug-likeness (QED) is 0.551. The summed E-state index contributed by atoms with van der Waals surface area (Å²) in [4.78, 5) is 17.5. The van der Waals surface area contributed by atoms with Gasteiger partial charge in [-0.05, 0) is 48.2 Å². The standard InChI is InChI=1S/C24H23NOS/c1-17-8-6-7-11-20(17)22-15-25(16-23-21(22)14-18(2)27-23)24(26)13-12-19-9-4-3-5-10-19/h3-14,22H,15-16H2,1-2H3/b13-12+/t22-/m1/s1. The monoisotopic (exact) mass is 373 g/mol. The van der Waals surface area contributed by atoms with Gasteiger partial charge in [-0.1, -0.05) is 54.6 Å². The number of fused-ring (bicyclic) bond motifs is 1. The van der Waals surface area contributed by atoms with Gasteiger partial charge in [-0.2, -0.15) is 0 Å². The number of rotatable bonds is 3. The predicted octanol–water partition coefficient (Wildman–Crippen LogP) is 5.55. The molecule has 4 rings (SSSR count). The van der Waals surface area contributed by atoms with Crippen LogP contribution in [0.4, 0.5) is 0 Å². The largest absolute Gasteiger partial charge is 0.333 e. The van der Waals surface area contributed by atoms with Gasteiger partial charge in [-0.25, -0.2) is 0 Å². The van der Waals surface area contributed by atoms with Crippen LogP contribution in [-0.4, -0.2) is 17.4 Å². The summed E-state index contributed by atoms with van der Waals surface area (Å²) in [5.74, 6) is 0.322. The minimum absolute atomic E-state index is 0.0779. The maximum Gasteiger partial charge on any atom is 0.246 e. The van der Waals surface area contributed by atoms with Crippen LogP contribution in [0.3, 0.4) is 0 Å². The number of carbonyl (C=O) groups excluding carboxylic acids is 1. The van der Waals surface area contributed by atoms with Crippen LogP contribution in [0, 0.1) is 13.8 Å². The second-order valence-electron chi connectivity index (χ2n) is 7.11. The minimum atomic E-state index is 0.0779. The molecule has 136 valence electrons. The number of aryl methyl sites for hydroxylation is 2. The second kappa shape index (κ2) is 7.53. The van der Waals surface area contributed by atoms with Gasteiger partial charge in [0.15, 0.2) is 0 Å². The Morgan fingerprint density at radius 2 is 1.78 bits per heavy atom. The lowest BCUT2D eigenvalue weighted by atomic mass is 9.86. The molecule has 2 aromatic carbocycles. The maximum absolute atomic E-state index is 12.9. The van der Waals surface area contributed by atoms with E-state index in [1.165, 1.54) is 26.4 Å². The Morgan fingerprint density at radius 3 is 2.56 bits per heavy atom. The van der Waals surface area contributed by atoms with E-state index in [1.807, 2.05) is 52.6 Å².